The fourth-order valence-electron chi connectivity index (χ4n) is 1.65. The van der Waals surface area contributed by atoms with Crippen molar-refractivity contribution in [3.8, 4) is 0 Å². The molecule has 0 saturated carbocycles. The Morgan fingerprint density at radius 2 is 1.33 bits per heavy atom. The van der Waals surface area contributed by atoms with Crippen LogP contribution in [0, 0.1) is 0 Å². The molecule has 2 aromatic carbocycles. The molecule has 6 nitrogen and oxygen atoms in total. The third kappa shape index (κ3) is 3.60. The van der Waals surface area contributed by atoms with E-state index in [1.807, 2.05) is 0 Å². The number of para-hydroxylation sites is 1. The Bertz CT molecular complexity index is 831. The standard InChI is InChI=1S/C13H14N2O4S2/c1-14-20(16,17)12-8-5-9-13(10-12)21(18,19)15-11-6-3-2-4-7-11/h2-10,14-15H,1H3. The molecular weight excluding hydrogens is 312 g/mol. The zero-order chi connectivity index (χ0) is 15.5. The van der Waals surface area contributed by atoms with Crippen LogP contribution in [0.15, 0.2) is 64.4 Å². The van der Waals surface area contributed by atoms with E-state index in [1.165, 1.54) is 25.2 Å². The van der Waals surface area contributed by atoms with Crippen LogP contribution in [-0.4, -0.2) is 23.9 Å². The quantitative estimate of drug-likeness (QED) is 0.868. The molecule has 0 aliphatic carbocycles. The lowest BCUT2D eigenvalue weighted by Crippen LogP contribution is -2.19. The molecule has 0 aromatic heterocycles. The zero-order valence-corrected chi connectivity index (χ0v) is 12.8. The highest BCUT2D eigenvalue weighted by Gasteiger charge is 2.18. The van der Waals surface area contributed by atoms with Gasteiger partial charge in [0.2, 0.25) is 10.0 Å². The first-order valence-electron chi connectivity index (χ1n) is 5.97. The largest absolute Gasteiger partial charge is 0.280 e. The molecule has 21 heavy (non-hydrogen) atoms. The Morgan fingerprint density at radius 1 is 0.762 bits per heavy atom. The van der Waals surface area contributed by atoms with Gasteiger partial charge in [-0.1, -0.05) is 24.3 Å². The minimum atomic E-state index is -3.85. The Morgan fingerprint density at radius 3 is 1.90 bits per heavy atom. The second-order valence-electron chi connectivity index (χ2n) is 4.15. The van der Waals surface area contributed by atoms with Crippen molar-refractivity contribution in [2.45, 2.75) is 9.79 Å². The highest BCUT2D eigenvalue weighted by atomic mass is 32.2. The molecule has 2 rings (SSSR count). The maximum atomic E-state index is 12.2. The lowest BCUT2D eigenvalue weighted by atomic mass is 10.3. The minimum absolute atomic E-state index is 0.110. The SMILES string of the molecule is CNS(=O)(=O)c1cccc(S(=O)(=O)Nc2ccccc2)c1. The van der Waals surface area contributed by atoms with Crippen LogP contribution in [0.3, 0.4) is 0 Å². The molecule has 0 amide bonds. The number of benzene rings is 2. The van der Waals surface area contributed by atoms with Gasteiger partial charge < -0.3 is 0 Å². The highest BCUT2D eigenvalue weighted by molar-refractivity contribution is 7.93. The van der Waals surface area contributed by atoms with Crippen molar-refractivity contribution in [2.24, 2.45) is 0 Å². The Labute approximate surface area is 123 Å². The van der Waals surface area contributed by atoms with Crippen molar-refractivity contribution in [2.75, 3.05) is 11.8 Å². The number of anilines is 1. The fraction of sp³-hybridized carbons (Fsp3) is 0.0769. The van der Waals surface area contributed by atoms with Gasteiger partial charge >= 0.3 is 0 Å². The van der Waals surface area contributed by atoms with Crippen molar-refractivity contribution in [3.05, 3.63) is 54.6 Å². The van der Waals surface area contributed by atoms with E-state index >= 15 is 0 Å². The third-order valence-electron chi connectivity index (χ3n) is 2.72. The van der Waals surface area contributed by atoms with Crippen LogP contribution in [0.5, 0.6) is 0 Å². The van der Waals surface area contributed by atoms with E-state index in [0.717, 1.165) is 6.07 Å². The van der Waals surface area contributed by atoms with Crippen LogP contribution < -0.4 is 9.44 Å². The third-order valence-corrected chi connectivity index (χ3v) is 5.51. The topological polar surface area (TPSA) is 92.3 Å². The van der Waals surface area contributed by atoms with Gasteiger partial charge in [-0.25, -0.2) is 21.6 Å². The average molecular weight is 326 g/mol. The summed E-state index contributed by atoms with van der Waals surface area (Å²) in [6, 6.07) is 13.5. The van der Waals surface area contributed by atoms with Gasteiger partial charge in [0.25, 0.3) is 10.0 Å². The first kappa shape index (κ1) is 15.5. The van der Waals surface area contributed by atoms with E-state index in [-0.39, 0.29) is 9.79 Å². The van der Waals surface area contributed by atoms with Gasteiger partial charge in [-0.2, -0.15) is 0 Å². The molecule has 0 aliphatic rings. The maximum absolute atomic E-state index is 12.2. The van der Waals surface area contributed by atoms with E-state index in [9.17, 15) is 16.8 Å². The van der Waals surface area contributed by atoms with Gasteiger partial charge in [0.05, 0.1) is 9.79 Å². The van der Waals surface area contributed by atoms with Gasteiger partial charge in [-0.05, 0) is 37.4 Å². The molecule has 0 saturated heterocycles. The van der Waals surface area contributed by atoms with E-state index in [4.69, 9.17) is 0 Å². The summed E-state index contributed by atoms with van der Waals surface area (Å²) in [6.07, 6.45) is 0. The molecule has 2 aromatic rings. The molecule has 0 fully saturated rings. The fourth-order valence-corrected chi connectivity index (χ4v) is 3.60. The maximum Gasteiger partial charge on any atom is 0.261 e. The second-order valence-corrected chi connectivity index (χ2v) is 7.72. The molecule has 0 radical (unpaired) electrons. The monoisotopic (exact) mass is 326 g/mol. The lowest BCUT2D eigenvalue weighted by molar-refractivity contribution is 0.588. The number of sulfonamides is 2. The van der Waals surface area contributed by atoms with Crippen LogP contribution in [-0.2, 0) is 20.0 Å². The summed E-state index contributed by atoms with van der Waals surface area (Å²) in [6.45, 7) is 0. The van der Waals surface area contributed by atoms with Gasteiger partial charge in [-0.3, -0.25) is 4.72 Å². The minimum Gasteiger partial charge on any atom is -0.280 e. The Balaban J connectivity index is 2.40. The van der Waals surface area contributed by atoms with Gasteiger partial charge in [-0.15, -0.1) is 0 Å². The van der Waals surface area contributed by atoms with Gasteiger partial charge in [0.15, 0.2) is 0 Å². The van der Waals surface area contributed by atoms with Gasteiger partial charge in [0, 0.05) is 5.69 Å². The van der Waals surface area contributed by atoms with Crippen molar-refractivity contribution in [1.29, 1.82) is 0 Å². The lowest BCUT2D eigenvalue weighted by Gasteiger charge is -2.09. The molecule has 0 atom stereocenters. The predicted molar refractivity (Wildman–Crippen MR) is 79.9 cm³/mol. The number of rotatable bonds is 5. The van der Waals surface area contributed by atoms with Crippen molar-refractivity contribution >= 4 is 25.7 Å². The molecule has 0 heterocycles. The van der Waals surface area contributed by atoms with Crippen molar-refractivity contribution < 1.29 is 16.8 Å². The molecule has 8 heteroatoms. The summed E-state index contributed by atoms with van der Waals surface area (Å²) < 4.78 is 52.4. The first-order chi connectivity index (χ1) is 9.85. The summed E-state index contributed by atoms with van der Waals surface area (Å²) in [5.41, 5.74) is 0.402. The predicted octanol–water partition coefficient (Wildman–Crippen LogP) is 1.40. The normalized spacial score (nSPS) is 12.0. The summed E-state index contributed by atoms with van der Waals surface area (Å²) in [5, 5.41) is 0. The zero-order valence-electron chi connectivity index (χ0n) is 11.1. The average Bonchev–Trinajstić information content (AvgIpc) is 2.48. The van der Waals surface area contributed by atoms with Gasteiger partial charge in [0.1, 0.15) is 0 Å². The smallest absolute Gasteiger partial charge is 0.261 e. The van der Waals surface area contributed by atoms with E-state index < -0.39 is 20.0 Å². The molecule has 2 N–H and O–H groups in total. The Kier molecular flexibility index (Phi) is 4.31. The first-order valence-corrected chi connectivity index (χ1v) is 8.93. The molecule has 0 aliphatic heterocycles. The number of hydrogen-bond acceptors (Lipinski definition) is 4. The summed E-state index contributed by atoms with van der Waals surface area (Å²) in [4.78, 5) is -0.233. The second kappa shape index (κ2) is 5.84. The summed E-state index contributed by atoms with van der Waals surface area (Å²) >= 11 is 0. The van der Waals surface area contributed by atoms with Crippen LogP contribution in [0.25, 0.3) is 0 Å². The molecule has 0 spiro atoms. The highest BCUT2D eigenvalue weighted by Crippen LogP contribution is 2.18. The van der Waals surface area contributed by atoms with E-state index in [1.54, 1.807) is 30.3 Å². The molecule has 0 bridgehead atoms. The van der Waals surface area contributed by atoms with Crippen molar-refractivity contribution in [1.82, 2.24) is 4.72 Å². The van der Waals surface area contributed by atoms with Crippen LogP contribution >= 0.6 is 0 Å². The Hall–Kier alpha value is -1.90. The summed E-state index contributed by atoms with van der Waals surface area (Å²) in [7, 11) is -6.28. The molecule has 112 valence electrons. The van der Waals surface area contributed by atoms with Crippen molar-refractivity contribution in [3.63, 3.8) is 0 Å². The number of hydrogen-bond donors (Lipinski definition) is 2. The van der Waals surface area contributed by atoms with E-state index in [2.05, 4.69) is 9.44 Å². The summed E-state index contributed by atoms with van der Waals surface area (Å²) in [5.74, 6) is 0. The molecule has 0 unspecified atom stereocenters. The van der Waals surface area contributed by atoms with Crippen LogP contribution in [0.4, 0.5) is 5.69 Å². The van der Waals surface area contributed by atoms with Crippen LogP contribution in [0.1, 0.15) is 0 Å². The van der Waals surface area contributed by atoms with E-state index in [0.29, 0.717) is 5.69 Å². The molecular formula is C13H14N2O4S2. The number of nitrogens with one attached hydrogen (secondary N) is 2. The van der Waals surface area contributed by atoms with Crippen LogP contribution in [0.2, 0.25) is 0 Å².